The molecule has 0 radical (unpaired) electrons. The lowest BCUT2D eigenvalue weighted by molar-refractivity contribution is -0.295. The average molecular weight is 385 g/mol. The summed E-state index contributed by atoms with van der Waals surface area (Å²) in [4.78, 5) is 15.1. The summed E-state index contributed by atoms with van der Waals surface area (Å²) in [5.74, 6) is -2.28. The second kappa shape index (κ2) is 6.64. The number of ether oxygens (including phenoxy) is 2. The van der Waals surface area contributed by atoms with Crippen molar-refractivity contribution < 1.29 is 27.8 Å². The quantitative estimate of drug-likeness (QED) is 0.843. The highest BCUT2D eigenvalue weighted by Gasteiger charge is 2.39. The smallest absolute Gasteiger partial charge is 0.305 e. The van der Waals surface area contributed by atoms with Gasteiger partial charge < -0.3 is 14.6 Å². The van der Waals surface area contributed by atoms with E-state index in [0.717, 1.165) is 16.0 Å². The fraction of sp³-hybridized carbons (Fsp3) is 0.500. The Morgan fingerprint density at radius 1 is 1.32 bits per heavy atom. The molecular formula is C16H19NO6S2. The van der Waals surface area contributed by atoms with E-state index >= 15 is 0 Å². The molecule has 2 atom stereocenters. The molecule has 1 N–H and O–H groups in total. The predicted octanol–water partition coefficient (Wildman–Crippen LogP) is 2.45. The largest absolute Gasteiger partial charge is 0.481 e. The van der Waals surface area contributed by atoms with Gasteiger partial charge in [0.25, 0.3) is 0 Å². The van der Waals surface area contributed by atoms with Gasteiger partial charge in [0, 0.05) is 6.42 Å². The summed E-state index contributed by atoms with van der Waals surface area (Å²) in [5, 5.41) is 8.97. The molecule has 136 valence electrons. The molecule has 7 nitrogen and oxygen atoms in total. The minimum absolute atomic E-state index is 0.0522. The molecule has 0 saturated carbocycles. The topological polar surface area (TPSA) is 103 Å². The number of sulfone groups is 1. The number of thiazole rings is 1. The van der Waals surface area contributed by atoms with E-state index in [1.165, 1.54) is 0 Å². The van der Waals surface area contributed by atoms with Crippen LogP contribution in [0.1, 0.15) is 26.7 Å². The van der Waals surface area contributed by atoms with Gasteiger partial charge >= 0.3 is 5.97 Å². The van der Waals surface area contributed by atoms with E-state index in [4.69, 9.17) is 14.6 Å². The summed E-state index contributed by atoms with van der Waals surface area (Å²) in [6.07, 6.45) is -1.22. The van der Waals surface area contributed by atoms with Gasteiger partial charge in [-0.1, -0.05) is 12.1 Å². The number of nitrogens with zero attached hydrogens (tertiary/aromatic N) is 1. The Bertz CT molecular complexity index is 856. The van der Waals surface area contributed by atoms with Gasteiger partial charge in [0.15, 0.2) is 5.79 Å². The number of hydrogen-bond donors (Lipinski definition) is 1. The van der Waals surface area contributed by atoms with Crippen molar-refractivity contribution in [2.45, 2.75) is 49.0 Å². The van der Waals surface area contributed by atoms with Crippen molar-refractivity contribution in [2.75, 3.05) is 5.75 Å². The standard InChI is InChI=1S/C16H19NO6S2/c1-16(2)22-10(8-14(18)19)7-11(23-16)9-25(20,21)15-17-12-5-3-4-6-13(12)24-15/h3-6,10-11H,7-9H2,1-2H3,(H,18,19). The number of fused-ring (bicyclic) bond motifs is 1. The highest BCUT2D eigenvalue weighted by molar-refractivity contribution is 7.93. The summed E-state index contributed by atoms with van der Waals surface area (Å²) < 4.78 is 37.6. The van der Waals surface area contributed by atoms with Crippen LogP contribution in [-0.4, -0.2) is 48.2 Å². The average Bonchev–Trinajstić information content (AvgIpc) is 2.88. The van der Waals surface area contributed by atoms with Crippen LogP contribution < -0.4 is 0 Å². The molecule has 1 fully saturated rings. The van der Waals surface area contributed by atoms with Crippen LogP contribution in [0, 0.1) is 0 Å². The number of aliphatic carboxylic acids is 1. The van der Waals surface area contributed by atoms with Gasteiger partial charge in [0.1, 0.15) is 0 Å². The van der Waals surface area contributed by atoms with Crippen LogP contribution in [0.25, 0.3) is 10.2 Å². The molecule has 2 aromatic rings. The number of rotatable bonds is 5. The van der Waals surface area contributed by atoms with Crippen LogP contribution in [0.3, 0.4) is 0 Å². The maximum atomic E-state index is 12.7. The fourth-order valence-corrected chi connectivity index (χ4v) is 5.69. The number of carboxylic acid groups (broad SMARTS) is 1. The zero-order valence-corrected chi connectivity index (χ0v) is 15.5. The van der Waals surface area contributed by atoms with Gasteiger partial charge in [-0.3, -0.25) is 4.79 Å². The van der Waals surface area contributed by atoms with Gasteiger partial charge in [-0.2, -0.15) is 0 Å². The molecular weight excluding hydrogens is 366 g/mol. The first-order valence-electron chi connectivity index (χ1n) is 7.80. The molecule has 0 amide bonds. The maximum Gasteiger partial charge on any atom is 0.305 e. The first kappa shape index (κ1) is 18.2. The lowest BCUT2D eigenvalue weighted by atomic mass is 10.1. The van der Waals surface area contributed by atoms with Gasteiger partial charge in [-0.25, -0.2) is 13.4 Å². The highest BCUT2D eigenvalue weighted by Crippen LogP contribution is 2.32. The lowest BCUT2D eigenvalue weighted by Crippen LogP contribution is -2.47. The third-order valence-corrected chi connectivity index (χ3v) is 7.05. The van der Waals surface area contributed by atoms with Crippen molar-refractivity contribution >= 4 is 37.4 Å². The Balaban J connectivity index is 1.80. The molecule has 0 bridgehead atoms. The van der Waals surface area contributed by atoms with E-state index in [0.29, 0.717) is 5.52 Å². The Labute approximate surface area is 149 Å². The summed E-state index contributed by atoms with van der Waals surface area (Å²) in [6.45, 7) is 3.30. The first-order chi connectivity index (χ1) is 11.6. The fourth-order valence-electron chi connectivity index (χ4n) is 2.94. The number of hydrogen-bond acceptors (Lipinski definition) is 7. The summed E-state index contributed by atoms with van der Waals surface area (Å²) in [5.41, 5.74) is 0.642. The van der Waals surface area contributed by atoms with Gasteiger partial charge in [-0.15, -0.1) is 11.3 Å². The van der Waals surface area contributed by atoms with Gasteiger partial charge in [0.2, 0.25) is 14.2 Å². The predicted molar refractivity (Wildman–Crippen MR) is 92.4 cm³/mol. The first-order valence-corrected chi connectivity index (χ1v) is 10.3. The van der Waals surface area contributed by atoms with E-state index in [1.807, 2.05) is 12.1 Å². The molecule has 3 rings (SSSR count). The van der Waals surface area contributed by atoms with Crippen LogP contribution in [0.2, 0.25) is 0 Å². The second-order valence-corrected chi connectivity index (χ2v) is 9.68. The van der Waals surface area contributed by atoms with E-state index in [9.17, 15) is 13.2 Å². The van der Waals surface area contributed by atoms with Gasteiger partial charge in [-0.05, 0) is 26.0 Å². The van der Waals surface area contributed by atoms with Crippen molar-refractivity contribution in [1.82, 2.24) is 4.98 Å². The number of carboxylic acids is 1. The minimum atomic E-state index is -3.64. The molecule has 9 heteroatoms. The summed E-state index contributed by atoms with van der Waals surface area (Å²) in [6, 6.07) is 7.22. The molecule has 2 heterocycles. The third kappa shape index (κ3) is 4.35. The second-order valence-electron chi connectivity index (χ2n) is 6.44. The van der Waals surface area contributed by atoms with Crippen molar-refractivity contribution in [1.29, 1.82) is 0 Å². The molecule has 25 heavy (non-hydrogen) atoms. The molecule has 1 aliphatic rings. The van der Waals surface area contributed by atoms with Crippen molar-refractivity contribution in [3.63, 3.8) is 0 Å². The van der Waals surface area contributed by atoms with Crippen LogP contribution >= 0.6 is 11.3 Å². The molecule has 1 aromatic heterocycles. The van der Waals surface area contributed by atoms with E-state index < -0.39 is 33.8 Å². The van der Waals surface area contributed by atoms with E-state index in [2.05, 4.69) is 4.98 Å². The highest BCUT2D eigenvalue weighted by atomic mass is 32.2. The molecule has 1 aliphatic heterocycles. The van der Waals surface area contributed by atoms with Gasteiger partial charge in [0.05, 0.1) is 34.6 Å². The Kier molecular flexibility index (Phi) is 4.84. The third-order valence-electron chi connectivity index (χ3n) is 3.77. The summed E-state index contributed by atoms with van der Waals surface area (Å²) in [7, 11) is -3.64. The van der Waals surface area contributed by atoms with E-state index in [-0.39, 0.29) is 22.9 Å². The van der Waals surface area contributed by atoms with Crippen molar-refractivity contribution in [3.8, 4) is 0 Å². The molecule has 1 saturated heterocycles. The number of benzene rings is 1. The maximum absolute atomic E-state index is 12.7. The molecule has 0 aliphatic carbocycles. The molecule has 2 unspecified atom stereocenters. The Morgan fingerprint density at radius 3 is 2.68 bits per heavy atom. The normalized spacial score (nSPS) is 23.6. The van der Waals surface area contributed by atoms with Crippen molar-refractivity contribution in [2.24, 2.45) is 0 Å². The zero-order valence-electron chi connectivity index (χ0n) is 13.8. The van der Waals surface area contributed by atoms with Crippen LogP contribution in [0.5, 0.6) is 0 Å². The monoisotopic (exact) mass is 385 g/mol. The SMILES string of the molecule is CC1(C)OC(CC(=O)O)CC(CS(=O)(=O)c2nc3ccccc3s2)O1. The Hall–Kier alpha value is -1.55. The van der Waals surface area contributed by atoms with Crippen LogP contribution in [0.4, 0.5) is 0 Å². The van der Waals surface area contributed by atoms with Crippen LogP contribution in [0.15, 0.2) is 28.6 Å². The number of carbonyl (C=O) groups is 1. The minimum Gasteiger partial charge on any atom is -0.481 e. The lowest BCUT2D eigenvalue weighted by Gasteiger charge is -2.40. The van der Waals surface area contributed by atoms with E-state index in [1.54, 1.807) is 26.0 Å². The number of aromatic nitrogens is 1. The molecule has 1 aromatic carbocycles. The molecule has 0 spiro atoms. The number of para-hydroxylation sites is 1. The zero-order chi connectivity index (χ0) is 18.2. The Morgan fingerprint density at radius 2 is 2.00 bits per heavy atom. The summed E-state index contributed by atoms with van der Waals surface area (Å²) >= 11 is 1.12. The van der Waals surface area contributed by atoms with Crippen LogP contribution in [-0.2, 0) is 24.1 Å². The van der Waals surface area contributed by atoms with Crippen molar-refractivity contribution in [3.05, 3.63) is 24.3 Å².